The zero-order valence-corrected chi connectivity index (χ0v) is 11.1. The summed E-state index contributed by atoms with van der Waals surface area (Å²) in [5.74, 6) is 0. The molecule has 0 aliphatic rings. The lowest BCUT2D eigenvalue weighted by Crippen LogP contribution is -2.25. The topological polar surface area (TPSA) is 55.4 Å². The van der Waals surface area contributed by atoms with Gasteiger partial charge in [-0.05, 0) is 31.7 Å². The smallest absolute Gasteiger partial charge is 0.250 e. The van der Waals surface area contributed by atoms with Crippen molar-refractivity contribution in [2.45, 2.75) is 30.6 Å². The van der Waals surface area contributed by atoms with Crippen LogP contribution in [0.1, 0.15) is 20.3 Å². The van der Waals surface area contributed by atoms with E-state index in [0.29, 0.717) is 23.8 Å². The summed E-state index contributed by atoms with van der Waals surface area (Å²) in [4.78, 5) is 0. The van der Waals surface area contributed by atoms with E-state index in [1.54, 1.807) is 17.5 Å². The van der Waals surface area contributed by atoms with Gasteiger partial charge in [-0.1, -0.05) is 6.07 Å². The Morgan fingerprint density at radius 1 is 1.50 bits per heavy atom. The van der Waals surface area contributed by atoms with Gasteiger partial charge in [-0.3, -0.25) is 0 Å². The van der Waals surface area contributed by atoms with E-state index >= 15 is 0 Å². The molecule has 1 heterocycles. The first-order valence-corrected chi connectivity index (χ1v) is 7.53. The van der Waals surface area contributed by atoms with E-state index in [9.17, 15) is 8.42 Å². The molecule has 0 aromatic carbocycles. The van der Waals surface area contributed by atoms with Crippen LogP contribution >= 0.6 is 11.3 Å². The second kappa shape index (κ2) is 6.34. The van der Waals surface area contributed by atoms with Gasteiger partial charge in [-0.2, -0.15) is 0 Å². The fourth-order valence-corrected chi connectivity index (χ4v) is 3.20. The van der Waals surface area contributed by atoms with E-state index in [1.165, 1.54) is 11.3 Å². The lowest BCUT2D eigenvalue weighted by molar-refractivity contribution is 0.0778. The van der Waals surface area contributed by atoms with E-state index in [2.05, 4.69) is 4.72 Å². The van der Waals surface area contributed by atoms with Crippen molar-refractivity contribution >= 4 is 21.4 Å². The molecule has 0 aliphatic heterocycles. The molecule has 1 aromatic rings. The zero-order chi connectivity index (χ0) is 12.0. The Balaban J connectivity index is 2.28. The van der Waals surface area contributed by atoms with Gasteiger partial charge in [0, 0.05) is 13.2 Å². The van der Waals surface area contributed by atoms with Crippen LogP contribution in [0.4, 0.5) is 0 Å². The normalized spacial score (nSPS) is 12.2. The molecule has 0 spiro atoms. The molecule has 0 saturated carbocycles. The van der Waals surface area contributed by atoms with Crippen molar-refractivity contribution in [3.63, 3.8) is 0 Å². The Hall–Kier alpha value is -0.430. The van der Waals surface area contributed by atoms with Gasteiger partial charge >= 0.3 is 0 Å². The van der Waals surface area contributed by atoms with E-state index in [0.717, 1.165) is 0 Å². The Kier molecular flexibility index (Phi) is 5.40. The maximum atomic E-state index is 11.6. The summed E-state index contributed by atoms with van der Waals surface area (Å²) in [5, 5.41) is 1.75. The van der Waals surface area contributed by atoms with Gasteiger partial charge in [-0.15, -0.1) is 11.3 Å². The number of sulfonamides is 1. The maximum Gasteiger partial charge on any atom is 0.250 e. The van der Waals surface area contributed by atoms with Crippen LogP contribution in [-0.2, 0) is 14.8 Å². The molecule has 92 valence electrons. The monoisotopic (exact) mass is 263 g/mol. The summed E-state index contributed by atoms with van der Waals surface area (Å²) in [7, 11) is -3.30. The predicted molar refractivity (Wildman–Crippen MR) is 65.2 cm³/mol. The third kappa shape index (κ3) is 4.61. The molecule has 0 fully saturated rings. The summed E-state index contributed by atoms with van der Waals surface area (Å²) in [6, 6.07) is 3.32. The van der Waals surface area contributed by atoms with Crippen LogP contribution in [0.5, 0.6) is 0 Å². The van der Waals surface area contributed by atoms with Crippen LogP contribution in [0.15, 0.2) is 21.7 Å². The number of nitrogens with one attached hydrogen (secondary N) is 1. The fourth-order valence-electron chi connectivity index (χ4n) is 1.09. The highest BCUT2D eigenvalue weighted by Crippen LogP contribution is 2.14. The standard InChI is InChI=1S/C10H17NO3S2/c1-9(2)14-7-4-6-11-16(12,13)10-5-3-8-15-10/h3,5,8-9,11H,4,6-7H2,1-2H3. The Labute approximate surface area is 101 Å². The average Bonchev–Trinajstić information content (AvgIpc) is 2.69. The Morgan fingerprint density at radius 3 is 2.81 bits per heavy atom. The summed E-state index contributed by atoms with van der Waals surface area (Å²) >= 11 is 1.22. The molecule has 6 heteroatoms. The SMILES string of the molecule is CC(C)OCCCNS(=O)(=O)c1cccs1. The molecule has 16 heavy (non-hydrogen) atoms. The van der Waals surface area contributed by atoms with E-state index in [4.69, 9.17) is 4.74 Å². The third-order valence-corrected chi connectivity index (χ3v) is 4.68. The van der Waals surface area contributed by atoms with E-state index in [-0.39, 0.29) is 6.10 Å². The number of hydrogen-bond donors (Lipinski definition) is 1. The molecule has 0 amide bonds. The largest absolute Gasteiger partial charge is 0.379 e. The molecule has 1 aromatic heterocycles. The summed E-state index contributed by atoms with van der Waals surface area (Å²) in [6.45, 7) is 4.89. The molecule has 4 nitrogen and oxygen atoms in total. The quantitative estimate of drug-likeness (QED) is 0.764. The summed E-state index contributed by atoms with van der Waals surface area (Å²) < 4.78 is 31.5. The Morgan fingerprint density at radius 2 is 2.25 bits per heavy atom. The molecule has 0 atom stereocenters. The lowest BCUT2D eigenvalue weighted by atomic mass is 10.4. The first-order valence-electron chi connectivity index (χ1n) is 5.17. The van der Waals surface area contributed by atoms with Crippen molar-refractivity contribution in [3.05, 3.63) is 17.5 Å². The minimum absolute atomic E-state index is 0.189. The second-order valence-corrected chi connectivity index (χ2v) is 6.54. The fraction of sp³-hybridized carbons (Fsp3) is 0.600. The van der Waals surface area contributed by atoms with Gasteiger partial charge in [0.25, 0.3) is 0 Å². The molecule has 1 N–H and O–H groups in total. The van der Waals surface area contributed by atoms with Crippen LogP contribution in [-0.4, -0.2) is 27.7 Å². The lowest BCUT2D eigenvalue weighted by Gasteiger charge is -2.07. The minimum Gasteiger partial charge on any atom is -0.379 e. The summed E-state index contributed by atoms with van der Waals surface area (Å²) in [6.07, 6.45) is 0.872. The molecule has 0 unspecified atom stereocenters. The third-order valence-electron chi connectivity index (χ3n) is 1.82. The summed E-state index contributed by atoms with van der Waals surface area (Å²) in [5.41, 5.74) is 0. The molecule has 0 bridgehead atoms. The van der Waals surface area contributed by atoms with Crippen molar-refractivity contribution < 1.29 is 13.2 Å². The Bertz CT molecular complexity index is 384. The van der Waals surface area contributed by atoms with Gasteiger partial charge < -0.3 is 4.74 Å². The highest BCUT2D eigenvalue weighted by Gasteiger charge is 2.13. The molecule has 0 radical (unpaired) electrons. The van der Waals surface area contributed by atoms with Crippen molar-refractivity contribution in [1.29, 1.82) is 0 Å². The van der Waals surface area contributed by atoms with Gasteiger partial charge in [0.1, 0.15) is 4.21 Å². The van der Waals surface area contributed by atoms with Crippen molar-refractivity contribution in [3.8, 4) is 0 Å². The molecule has 0 saturated heterocycles. The van der Waals surface area contributed by atoms with Crippen LogP contribution in [0.2, 0.25) is 0 Å². The van der Waals surface area contributed by atoms with Crippen molar-refractivity contribution in [2.24, 2.45) is 0 Å². The van der Waals surface area contributed by atoms with Crippen LogP contribution in [0.25, 0.3) is 0 Å². The molecular formula is C10H17NO3S2. The molecule has 1 rings (SSSR count). The first-order chi connectivity index (χ1) is 7.52. The molecule has 0 aliphatic carbocycles. The first kappa shape index (κ1) is 13.6. The van der Waals surface area contributed by atoms with Crippen LogP contribution in [0.3, 0.4) is 0 Å². The second-order valence-electron chi connectivity index (χ2n) is 3.60. The minimum atomic E-state index is -3.30. The van der Waals surface area contributed by atoms with Crippen molar-refractivity contribution in [2.75, 3.05) is 13.2 Å². The van der Waals surface area contributed by atoms with Gasteiger partial charge in [0.05, 0.1) is 6.10 Å². The van der Waals surface area contributed by atoms with Gasteiger partial charge in [0.15, 0.2) is 0 Å². The predicted octanol–water partition coefficient (Wildman–Crippen LogP) is 1.84. The number of thiophene rings is 1. The maximum absolute atomic E-state index is 11.6. The highest BCUT2D eigenvalue weighted by molar-refractivity contribution is 7.91. The average molecular weight is 263 g/mol. The molecular weight excluding hydrogens is 246 g/mol. The van der Waals surface area contributed by atoms with E-state index < -0.39 is 10.0 Å². The van der Waals surface area contributed by atoms with Gasteiger partial charge in [0.2, 0.25) is 10.0 Å². The zero-order valence-electron chi connectivity index (χ0n) is 9.47. The van der Waals surface area contributed by atoms with E-state index in [1.807, 2.05) is 13.8 Å². The van der Waals surface area contributed by atoms with Crippen LogP contribution < -0.4 is 4.72 Å². The number of hydrogen-bond acceptors (Lipinski definition) is 4. The highest BCUT2D eigenvalue weighted by atomic mass is 32.2. The van der Waals surface area contributed by atoms with Crippen molar-refractivity contribution in [1.82, 2.24) is 4.72 Å². The number of rotatable bonds is 7. The number of ether oxygens (including phenoxy) is 1. The van der Waals surface area contributed by atoms with Crippen LogP contribution in [0, 0.1) is 0 Å². The van der Waals surface area contributed by atoms with Gasteiger partial charge in [-0.25, -0.2) is 13.1 Å².